The molecule has 4 rings (SSSR count). The zero-order valence-electron chi connectivity index (χ0n) is 15.7. The van der Waals surface area contributed by atoms with Crippen molar-refractivity contribution in [3.05, 3.63) is 70.0 Å². The van der Waals surface area contributed by atoms with Gasteiger partial charge >= 0.3 is 17.8 Å². The molecule has 1 N–H and O–H groups in total. The minimum Gasteiger partial charge on any atom is -0.478 e. The maximum Gasteiger partial charge on any atom is 0.417 e. The number of benzene rings is 1. The highest BCUT2D eigenvalue weighted by molar-refractivity contribution is 5.96. The number of hydrogen-bond donors (Lipinski definition) is 1. The summed E-state index contributed by atoms with van der Waals surface area (Å²) >= 11 is 0. The summed E-state index contributed by atoms with van der Waals surface area (Å²) in [7, 11) is 1.53. The van der Waals surface area contributed by atoms with Crippen molar-refractivity contribution >= 4 is 11.5 Å². The molecule has 0 saturated carbocycles. The fraction of sp³-hybridized carbons (Fsp3) is 0.158. The van der Waals surface area contributed by atoms with Gasteiger partial charge in [0.15, 0.2) is 0 Å². The van der Waals surface area contributed by atoms with E-state index in [-0.39, 0.29) is 11.2 Å². The van der Waals surface area contributed by atoms with E-state index in [0.29, 0.717) is 28.8 Å². The van der Waals surface area contributed by atoms with Gasteiger partial charge in [-0.05, 0) is 31.2 Å². The Labute approximate surface area is 166 Å². The Bertz CT molecular complexity index is 1350. The molecule has 3 heterocycles. The first-order valence-electron chi connectivity index (χ1n) is 8.63. The first kappa shape index (κ1) is 19.4. The number of rotatable bonds is 3. The Morgan fingerprint density at radius 3 is 2.30 bits per heavy atom. The minimum atomic E-state index is -4.71. The highest BCUT2D eigenvalue weighted by atomic mass is 19.4. The summed E-state index contributed by atoms with van der Waals surface area (Å²) < 4.78 is 42.8. The van der Waals surface area contributed by atoms with Crippen LogP contribution in [0.3, 0.4) is 0 Å². The predicted octanol–water partition coefficient (Wildman–Crippen LogP) is 2.91. The topological polar surface area (TPSA) is 94.4 Å². The standard InChI is InChI=1S/C19H14F3N5O3/c1-10-23-25(2)18(30)27(10)13-5-3-11(4-6-13)15-8-16-14(17(28)29)7-12(19(20,21)22)9-26(16)24-15/h3-9H,1-2H3,(H,28,29). The van der Waals surface area contributed by atoms with Gasteiger partial charge in [0.1, 0.15) is 5.82 Å². The third-order valence-corrected chi connectivity index (χ3v) is 4.64. The number of aromatic nitrogens is 5. The molecule has 8 nitrogen and oxygen atoms in total. The molecule has 154 valence electrons. The van der Waals surface area contributed by atoms with Crippen LogP contribution in [0.4, 0.5) is 13.2 Å². The van der Waals surface area contributed by atoms with Crippen molar-refractivity contribution in [1.82, 2.24) is 24.0 Å². The molecule has 0 bridgehead atoms. The molecule has 0 radical (unpaired) electrons. The number of carbonyl (C=O) groups is 1. The van der Waals surface area contributed by atoms with Gasteiger partial charge in [-0.3, -0.25) is 0 Å². The van der Waals surface area contributed by atoms with Crippen molar-refractivity contribution in [2.45, 2.75) is 13.1 Å². The van der Waals surface area contributed by atoms with Crippen LogP contribution in [0, 0.1) is 6.92 Å². The first-order chi connectivity index (χ1) is 14.1. The molecular weight excluding hydrogens is 403 g/mol. The number of halogens is 3. The van der Waals surface area contributed by atoms with Crippen LogP contribution in [0.15, 0.2) is 47.4 Å². The Kier molecular flexibility index (Phi) is 4.26. The van der Waals surface area contributed by atoms with E-state index in [9.17, 15) is 27.9 Å². The zero-order chi connectivity index (χ0) is 21.8. The molecule has 4 aromatic rings. The minimum absolute atomic E-state index is 0.0360. The summed E-state index contributed by atoms with van der Waals surface area (Å²) in [6.45, 7) is 1.68. The van der Waals surface area contributed by atoms with Gasteiger partial charge in [-0.15, -0.1) is 0 Å². The molecule has 1 aromatic carbocycles. The van der Waals surface area contributed by atoms with Crippen LogP contribution in [0.5, 0.6) is 0 Å². The second-order valence-corrected chi connectivity index (χ2v) is 6.64. The highest BCUT2D eigenvalue weighted by Crippen LogP contribution is 2.32. The molecule has 3 aromatic heterocycles. The number of fused-ring (bicyclic) bond motifs is 1. The van der Waals surface area contributed by atoms with Gasteiger partial charge in [0.05, 0.1) is 28.0 Å². The Morgan fingerprint density at radius 1 is 1.10 bits per heavy atom. The lowest BCUT2D eigenvalue weighted by Crippen LogP contribution is -2.21. The molecule has 11 heteroatoms. The average Bonchev–Trinajstić information content (AvgIpc) is 3.21. The number of nitrogens with zero attached hydrogens (tertiary/aromatic N) is 5. The van der Waals surface area contributed by atoms with Crippen molar-refractivity contribution in [2.75, 3.05) is 0 Å². The van der Waals surface area contributed by atoms with Crippen LogP contribution in [-0.4, -0.2) is 35.0 Å². The number of aryl methyl sites for hydroxylation is 2. The molecule has 0 aliphatic carbocycles. The van der Waals surface area contributed by atoms with E-state index in [2.05, 4.69) is 10.2 Å². The van der Waals surface area contributed by atoms with Gasteiger partial charge in [-0.1, -0.05) is 12.1 Å². The molecule has 30 heavy (non-hydrogen) atoms. The third-order valence-electron chi connectivity index (χ3n) is 4.64. The second-order valence-electron chi connectivity index (χ2n) is 6.64. The summed E-state index contributed by atoms with van der Waals surface area (Å²) in [5, 5.41) is 17.5. The van der Waals surface area contributed by atoms with Gasteiger partial charge in [0.25, 0.3) is 0 Å². The van der Waals surface area contributed by atoms with Crippen molar-refractivity contribution in [1.29, 1.82) is 0 Å². The van der Waals surface area contributed by atoms with Crippen LogP contribution in [0.2, 0.25) is 0 Å². The van der Waals surface area contributed by atoms with Crippen LogP contribution in [0.1, 0.15) is 21.7 Å². The van der Waals surface area contributed by atoms with Gasteiger partial charge in [-0.2, -0.15) is 23.4 Å². The quantitative estimate of drug-likeness (QED) is 0.553. The Balaban J connectivity index is 1.81. The molecule has 0 unspecified atom stereocenters. The lowest BCUT2D eigenvalue weighted by Gasteiger charge is -2.08. The monoisotopic (exact) mass is 417 g/mol. The molecule has 0 aliphatic rings. The predicted molar refractivity (Wildman–Crippen MR) is 99.7 cm³/mol. The number of aromatic carboxylic acids is 1. The number of hydrogen-bond acceptors (Lipinski definition) is 4. The van der Waals surface area contributed by atoms with Crippen LogP contribution < -0.4 is 5.69 Å². The van der Waals surface area contributed by atoms with Crippen molar-refractivity contribution in [2.24, 2.45) is 7.05 Å². The van der Waals surface area contributed by atoms with E-state index in [0.717, 1.165) is 10.7 Å². The van der Waals surface area contributed by atoms with Gasteiger partial charge in [0.2, 0.25) is 0 Å². The summed E-state index contributed by atoms with van der Waals surface area (Å²) in [5.74, 6) is -0.993. The molecule has 0 aliphatic heterocycles. The van der Waals surface area contributed by atoms with Gasteiger partial charge in [-0.25, -0.2) is 23.4 Å². The molecule has 0 spiro atoms. The van der Waals surface area contributed by atoms with E-state index >= 15 is 0 Å². The second kappa shape index (κ2) is 6.58. The maximum atomic E-state index is 13.1. The SMILES string of the molecule is Cc1nn(C)c(=O)n1-c1ccc(-c2cc3c(C(=O)O)cc(C(F)(F)F)cn3n2)cc1. The molecule has 0 fully saturated rings. The summed E-state index contributed by atoms with van der Waals surface area (Å²) in [6.07, 6.45) is -3.96. The lowest BCUT2D eigenvalue weighted by molar-refractivity contribution is -0.137. The maximum absolute atomic E-state index is 13.1. The molecule has 0 saturated heterocycles. The van der Waals surface area contributed by atoms with Crippen LogP contribution >= 0.6 is 0 Å². The van der Waals surface area contributed by atoms with E-state index in [1.165, 1.54) is 22.4 Å². The normalized spacial score (nSPS) is 11.9. The van der Waals surface area contributed by atoms with Crippen molar-refractivity contribution in [3.8, 4) is 16.9 Å². The summed E-state index contributed by atoms with van der Waals surface area (Å²) in [4.78, 5) is 23.6. The number of carboxylic acid groups (broad SMARTS) is 1. The van der Waals surface area contributed by atoms with Crippen molar-refractivity contribution in [3.63, 3.8) is 0 Å². The Morgan fingerprint density at radius 2 is 1.77 bits per heavy atom. The number of alkyl halides is 3. The summed E-state index contributed by atoms with van der Waals surface area (Å²) in [5.41, 5.74) is -0.501. The fourth-order valence-electron chi connectivity index (χ4n) is 3.23. The third kappa shape index (κ3) is 3.13. The summed E-state index contributed by atoms with van der Waals surface area (Å²) in [6, 6.07) is 8.56. The van der Waals surface area contributed by atoms with E-state index in [1.807, 2.05) is 0 Å². The molecular formula is C19H14F3N5O3. The van der Waals surface area contributed by atoms with Crippen molar-refractivity contribution < 1.29 is 23.1 Å². The molecule has 0 atom stereocenters. The smallest absolute Gasteiger partial charge is 0.417 e. The Hall–Kier alpha value is -3.89. The number of pyridine rings is 1. The van der Waals surface area contributed by atoms with E-state index < -0.39 is 23.3 Å². The van der Waals surface area contributed by atoms with Gasteiger partial charge in [0, 0.05) is 18.8 Å². The number of carboxylic acids is 1. The fourth-order valence-corrected chi connectivity index (χ4v) is 3.23. The zero-order valence-corrected chi connectivity index (χ0v) is 15.7. The molecule has 0 amide bonds. The average molecular weight is 417 g/mol. The lowest BCUT2D eigenvalue weighted by atomic mass is 10.1. The van der Waals surface area contributed by atoms with E-state index in [4.69, 9.17) is 0 Å². The largest absolute Gasteiger partial charge is 0.478 e. The van der Waals surface area contributed by atoms with E-state index in [1.54, 1.807) is 31.2 Å². The van der Waals surface area contributed by atoms with Crippen LogP contribution in [0.25, 0.3) is 22.5 Å². The van der Waals surface area contributed by atoms with Gasteiger partial charge < -0.3 is 5.11 Å². The van der Waals surface area contributed by atoms with Crippen LogP contribution in [-0.2, 0) is 13.2 Å². The highest BCUT2D eigenvalue weighted by Gasteiger charge is 2.33. The first-order valence-corrected chi connectivity index (χ1v) is 8.63.